The van der Waals surface area contributed by atoms with E-state index in [9.17, 15) is 14.0 Å². The largest absolute Gasteiger partial charge is 0.309 e. The van der Waals surface area contributed by atoms with Crippen molar-refractivity contribution >= 4 is 23.0 Å². The number of rotatable bonds is 2. The van der Waals surface area contributed by atoms with Gasteiger partial charge in [-0.25, -0.2) is 14.1 Å². The zero-order valence-electron chi connectivity index (χ0n) is 15.1. The molecule has 1 aliphatic rings. The van der Waals surface area contributed by atoms with E-state index in [4.69, 9.17) is 0 Å². The summed E-state index contributed by atoms with van der Waals surface area (Å²) in [6, 6.07) is 13.3. The zero-order chi connectivity index (χ0) is 19.3. The molecule has 0 unspecified atom stereocenters. The lowest BCUT2D eigenvalue weighted by Gasteiger charge is -2.07. The molecule has 0 bridgehead atoms. The first kappa shape index (κ1) is 17.0. The number of aromatic nitrogens is 2. The lowest BCUT2D eigenvalue weighted by molar-refractivity contribution is -0.111. The summed E-state index contributed by atoms with van der Waals surface area (Å²) < 4.78 is 16.9. The lowest BCUT2D eigenvalue weighted by atomic mass is 10.1. The molecule has 0 saturated heterocycles. The summed E-state index contributed by atoms with van der Waals surface area (Å²) in [5.74, 6) is -0.833. The summed E-state index contributed by atoms with van der Waals surface area (Å²) in [5.41, 5.74) is 2.15. The Labute approximate surface area is 154 Å². The molecule has 6 nitrogen and oxygen atoms in total. The molecule has 136 valence electrons. The first-order valence-electron chi connectivity index (χ1n) is 8.41. The Kier molecular flexibility index (Phi) is 3.80. The van der Waals surface area contributed by atoms with Crippen LogP contribution in [0.2, 0.25) is 0 Å². The second kappa shape index (κ2) is 6.05. The number of carbonyl (C=O) groups is 1. The van der Waals surface area contributed by atoms with Crippen LogP contribution in [0.4, 0.5) is 15.8 Å². The summed E-state index contributed by atoms with van der Waals surface area (Å²) >= 11 is 0. The summed E-state index contributed by atoms with van der Waals surface area (Å²) in [6.07, 6.45) is 0. The van der Waals surface area contributed by atoms with Crippen molar-refractivity contribution in [2.24, 2.45) is 12.0 Å². The lowest BCUT2D eigenvalue weighted by Crippen LogP contribution is -2.25. The number of hydrogen-bond donors (Lipinski definition) is 0. The molecule has 27 heavy (non-hydrogen) atoms. The molecule has 2 aromatic carbocycles. The quantitative estimate of drug-likeness (QED) is 0.702. The topological polar surface area (TPSA) is 59.6 Å². The zero-order valence-corrected chi connectivity index (χ0v) is 15.1. The summed E-state index contributed by atoms with van der Waals surface area (Å²) in [5, 5.41) is 0. The van der Waals surface area contributed by atoms with E-state index in [1.165, 1.54) is 27.8 Å². The van der Waals surface area contributed by atoms with Gasteiger partial charge in [0, 0.05) is 19.7 Å². The Morgan fingerprint density at radius 3 is 2.41 bits per heavy atom. The fourth-order valence-corrected chi connectivity index (χ4v) is 3.28. The molecule has 0 saturated carbocycles. The number of amides is 1. The number of halogens is 1. The van der Waals surface area contributed by atoms with E-state index in [-0.39, 0.29) is 22.9 Å². The van der Waals surface area contributed by atoms with Crippen molar-refractivity contribution < 1.29 is 9.18 Å². The van der Waals surface area contributed by atoms with E-state index in [0.29, 0.717) is 22.6 Å². The minimum Gasteiger partial charge on any atom is -0.309 e. The molecule has 0 aliphatic carbocycles. The molecule has 0 fully saturated rings. The van der Waals surface area contributed by atoms with Gasteiger partial charge < -0.3 is 4.90 Å². The van der Waals surface area contributed by atoms with Gasteiger partial charge in [0.1, 0.15) is 11.5 Å². The van der Waals surface area contributed by atoms with Crippen LogP contribution in [0.3, 0.4) is 0 Å². The number of likely N-dealkylation sites (N-methyl/N-ethyl adjacent to an activating group) is 1. The molecule has 1 amide bonds. The summed E-state index contributed by atoms with van der Waals surface area (Å²) in [6.45, 7) is 1.76. The van der Waals surface area contributed by atoms with E-state index >= 15 is 0 Å². The number of anilines is 1. The smallest absolute Gasteiger partial charge is 0.297 e. The van der Waals surface area contributed by atoms with E-state index in [1.807, 2.05) is 30.3 Å². The van der Waals surface area contributed by atoms with Crippen LogP contribution in [0.15, 0.2) is 58.3 Å². The predicted molar refractivity (Wildman–Crippen MR) is 102 cm³/mol. The van der Waals surface area contributed by atoms with Crippen molar-refractivity contribution in [3.8, 4) is 5.69 Å². The van der Waals surface area contributed by atoms with Gasteiger partial charge in [-0.05, 0) is 37.3 Å². The Bertz CT molecular complexity index is 1160. The fraction of sp³-hybridized carbons (Fsp3) is 0.150. The van der Waals surface area contributed by atoms with Gasteiger partial charge in [0.2, 0.25) is 0 Å². The maximum absolute atomic E-state index is 13.7. The minimum atomic E-state index is -0.462. The second-order valence-corrected chi connectivity index (χ2v) is 6.40. The minimum absolute atomic E-state index is 0.0676. The summed E-state index contributed by atoms with van der Waals surface area (Å²) in [4.78, 5) is 31.4. The van der Waals surface area contributed by atoms with Crippen molar-refractivity contribution in [2.75, 3.05) is 11.9 Å². The highest BCUT2D eigenvalue weighted by molar-refractivity contribution is 6.54. The molecule has 0 radical (unpaired) electrons. The highest BCUT2D eigenvalue weighted by atomic mass is 19.1. The van der Waals surface area contributed by atoms with Gasteiger partial charge in [0.25, 0.3) is 11.5 Å². The maximum atomic E-state index is 13.7. The predicted octanol–water partition coefficient (Wildman–Crippen LogP) is 2.72. The van der Waals surface area contributed by atoms with Crippen LogP contribution in [0, 0.1) is 12.7 Å². The molecule has 7 heteroatoms. The molecule has 1 aromatic heterocycles. The summed E-state index contributed by atoms with van der Waals surface area (Å²) in [7, 11) is 3.35. The molecule has 0 atom stereocenters. The Hall–Kier alpha value is -3.48. The van der Waals surface area contributed by atoms with Crippen LogP contribution in [0.1, 0.15) is 11.3 Å². The second-order valence-electron chi connectivity index (χ2n) is 6.40. The highest BCUT2D eigenvalue weighted by Crippen LogP contribution is 2.30. The van der Waals surface area contributed by atoms with E-state index in [1.54, 1.807) is 25.7 Å². The Morgan fingerprint density at radius 2 is 1.70 bits per heavy atom. The number of aliphatic imine (C=N–C) groups is 1. The number of fused-ring (bicyclic) bond motifs is 1. The number of carbonyl (C=O) groups excluding carboxylic acids is 1. The van der Waals surface area contributed by atoms with E-state index in [0.717, 1.165) is 0 Å². The third-order valence-corrected chi connectivity index (χ3v) is 4.83. The normalized spacial score (nSPS) is 14.9. The maximum Gasteiger partial charge on any atom is 0.297 e. The Morgan fingerprint density at radius 1 is 1.00 bits per heavy atom. The van der Waals surface area contributed by atoms with Crippen LogP contribution >= 0.6 is 0 Å². The van der Waals surface area contributed by atoms with Gasteiger partial charge in [-0.3, -0.25) is 14.3 Å². The van der Waals surface area contributed by atoms with Gasteiger partial charge in [-0.15, -0.1) is 0 Å². The fourth-order valence-electron chi connectivity index (χ4n) is 3.28. The molecule has 4 rings (SSSR count). The standard InChI is InChI=1S/C20H17FN4O2/c1-12-17(20(27)25(24(12)3)14-7-5-4-6-8-14)22-18-15-11-13(21)9-10-16(15)23(2)19(18)26/h4-11H,1-3H3. The molecule has 0 spiro atoms. The number of para-hydroxylation sites is 1. The molecular formula is C20H17FN4O2. The van der Waals surface area contributed by atoms with Crippen molar-refractivity contribution in [3.05, 3.63) is 76.0 Å². The van der Waals surface area contributed by atoms with Crippen molar-refractivity contribution in [3.63, 3.8) is 0 Å². The first-order chi connectivity index (χ1) is 12.9. The molecule has 2 heterocycles. The highest BCUT2D eigenvalue weighted by Gasteiger charge is 2.32. The van der Waals surface area contributed by atoms with Crippen molar-refractivity contribution in [2.45, 2.75) is 6.92 Å². The van der Waals surface area contributed by atoms with Gasteiger partial charge in [0.15, 0.2) is 5.69 Å². The van der Waals surface area contributed by atoms with Gasteiger partial charge in [0.05, 0.1) is 17.1 Å². The van der Waals surface area contributed by atoms with Crippen molar-refractivity contribution in [1.29, 1.82) is 0 Å². The number of nitrogens with zero attached hydrogens (tertiary/aromatic N) is 4. The third-order valence-electron chi connectivity index (χ3n) is 4.83. The van der Waals surface area contributed by atoms with Crippen LogP contribution in [0.25, 0.3) is 5.69 Å². The van der Waals surface area contributed by atoms with Crippen molar-refractivity contribution in [1.82, 2.24) is 9.36 Å². The van der Waals surface area contributed by atoms with Gasteiger partial charge >= 0.3 is 0 Å². The van der Waals surface area contributed by atoms with E-state index < -0.39 is 5.82 Å². The molecular weight excluding hydrogens is 347 g/mol. The van der Waals surface area contributed by atoms with Crippen LogP contribution in [-0.4, -0.2) is 28.0 Å². The van der Waals surface area contributed by atoms with Gasteiger partial charge in [-0.1, -0.05) is 18.2 Å². The average molecular weight is 364 g/mol. The number of benzene rings is 2. The SMILES string of the molecule is Cc1c(N=C2C(=O)N(C)c3ccc(F)cc32)c(=O)n(-c2ccccc2)n1C. The molecule has 1 aliphatic heterocycles. The monoisotopic (exact) mass is 364 g/mol. The van der Waals surface area contributed by atoms with E-state index in [2.05, 4.69) is 4.99 Å². The first-order valence-corrected chi connectivity index (χ1v) is 8.41. The Balaban J connectivity index is 1.93. The molecule has 3 aromatic rings. The van der Waals surface area contributed by atoms with Crippen LogP contribution in [0.5, 0.6) is 0 Å². The third kappa shape index (κ3) is 2.51. The van der Waals surface area contributed by atoms with Gasteiger partial charge in [-0.2, -0.15) is 0 Å². The molecule has 0 N–H and O–H groups in total. The average Bonchev–Trinajstić information content (AvgIpc) is 3.02. The van der Waals surface area contributed by atoms with Crippen LogP contribution in [-0.2, 0) is 11.8 Å². The number of hydrogen-bond acceptors (Lipinski definition) is 3. The van der Waals surface area contributed by atoms with Crippen LogP contribution < -0.4 is 10.5 Å².